The number of nitrogens with zero attached hydrogens (tertiary/aromatic N) is 1. The molecule has 0 saturated carbocycles. The predicted octanol–water partition coefficient (Wildman–Crippen LogP) is 3.14. The SMILES string of the molecule is COc1ccc(Br)cc1CC(O)c1cccnc1OC. The lowest BCUT2D eigenvalue weighted by Gasteiger charge is -2.15. The van der Waals surface area contributed by atoms with Crippen molar-refractivity contribution in [3.63, 3.8) is 0 Å². The summed E-state index contributed by atoms with van der Waals surface area (Å²) in [6, 6.07) is 9.29. The maximum absolute atomic E-state index is 10.4. The maximum atomic E-state index is 10.4. The van der Waals surface area contributed by atoms with E-state index in [4.69, 9.17) is 9.47 Å². The van der Waals surface area contributed by atoms with E-state index in [0.29, 0.717) is 17.9 Å². The van der Waals surface area contributed by atoms with Crippen molar-refractivity contribution in [3.05, 3.63) is 52.1 Å². The van der Waals surface area contributed by atoms with Crippen LogP contribution in [0.3, 0.4) is 0 Å². The highest BCUT2D eigenvalue weighted by molar-refractivity contribution is 9.10. The molecule has 2 rings (SSSR count). The molecule has 0 spiro atoms. The Labute approximate surface area is 126 Å². The van der Waals surface area contributed by atoms with Crippen LogP contribution in [0.25, 0.3) is 0 Å². The van der Waals surface area contributed by atoms with E-state index in [2.05, 4.69) is 20.9 Å². The van der Waals surface area contributed by atoms with E-state index >= 15 is 0 Å². The van der Waals surface area contributed by atoms with Gasteiger partial charge in [0, 0.05) is 22.7 Å². The Morgan fingerprint density at radius 2 is 2.05 bits per heavy atom. The lowest BCUT2D eigenvalue weighted by molar-refractivity contribution is 0.171. The number of aliphatic hydroxyl groups is 1. The number of aromatic nitrogens is 1. The summed E-state index contributed by atoms with van der Waals surface area (Å²) < 4.78 is 11.4. The van der Waals surface area contributed by atoms with Crippen LogP contribution in [0.15, 0.2) is 41.0 Å². The number of hydrogen-bond donors (Lipinski definition) is 1. The first-order valence-electron chi connectivity index (χ1n) is 6.15. The highest BCUT2D eigenvalue weighted by Gasteiger charge is 2.16. The van der Waals surface area contributed by atoms with Gasteiger partial charge in [0.15, 0.2) is 0 Å². The number of rotatable bonds is 5. The minimum absolute atomic E-state index is 0.421. The molecule has 0 amide bonds. The topological polar surface area (TPSA) is 51.6 Å². The van der Waals surface area contributed by atoms with Crippen LogP contribution in [-0.2, 0) is 6.42 Å². The Morgan fingerprint density at radius 1 is 1.25 bits per heavy atom. The lowest BCUT2D eigenvalue weighted by atomic mass is 10.0. The summed E-state index contributed by atoms with van der Waals surface area (Å²) in [5.74, 6) is 1.18. The molecule has 1 aromatic carbocycles. The molecule has 5 heteroatoms. The quantitative estimate of drug-likeness (QED) is 0.910. The maximum Gasteiger partial charge on any atom is 0.218 e. The molecular formula is C15H16BrNO3. The smallest absolute Gasteiger partial charge is 0.218 e. The zero-order chi connectivity index (χ0) is 14.5. The molecule has 2 aromatic rings. The molecule has 1 aromatic heterocycles. The van der Waals surface area contributed by atoms with E-state index in [1.165, 1.54) is 7.11 Å². The van der Waals surface area contributed by atoms with Crippen LogP contribution >= 0.6 is 15.9 Å². The first kappa shape index (κ1) is 14.8. The molecule has 0 radical (unpaired) electrons. The molecule has 1 N–H and O–H groups in total. The second kappa shape index (κ2) is 6.72. The molecule has 0 fully saturated rings. The predicted molar refractivity (Wildman–Crippen MR) is 80.1 cm³/mol. The number of pyridine rings is 1. The van der Waals surface area contributed by atoms with Crippen LogP contribution in [0, 0.1) is 0 Å². The van der Waals surface area contributed by atoms with E-state index in [0.717, 1.165) is 15.8 Å². The van der Waals surface area contributed by atoms with Gasteiger partial charge in [0.25, 0.3) is 0 Å². The van der Waals surface area contributed by atoms with Crippen molar-refractivity contribution in [2.45, 2.75) is 12.5 Å². The van der Waals surface area contributed by atoms with E-state index in [-0.39, 0.29) is 0 Å². The molecule has 0 aliphatic heterocycles. The largest absolute Gasteiger partial charge is 0.496 e. The van der Waals surface area contributed by atoms with Gasteiger partial charge in [-0.05, 0) is 35.9 Å². The van der Waals surface area contributed by atoms with Crippen LogP contribution in [-0.4, -0.2) is 24.3 Å². The average Bonchev–Trinajstić information content (AvgIpc) is 2.47. The third-order valence-electron chi connectivity index (χ3n) is 3.01. The summed E-state index contributed by atoms with van der Waals surface area (Å²) in [5, 5.41) is 10.4. The summed E-state index contributed by atoms with van der Waals surface area (Å²) >= 11 is 3.43. The third kappa shape index (κ3) is 3.29. The van der Waals surface area contributed by atoms with Crippen molar-refractivity contribution < 1.29 is 14.6 Å². The van der Waals surface area contributed by atoms with Gasteiger partial charge in [0.1, 0.15) is 5.75 Å². The second-order valence-electron chi connectivity index (χ2n) is 4.28. The van der Waals surface area contributed by atoms with Crippen molar-refractivity contribution in [3.8, 4) is 11.6 Å². The minimum atomic E-state index is -0.707. The highest BCUT2D eigenvalue weighted by Crippen LogP contribution is 2.30. The number of aliphatic hydroxyl groups excluding tert-OH is 1. The normalized spacial score (nSPS) is 12.0. The van der Waals surface area contributed by atoms with E-state index in [1.54, 1.807) is 25.4 Å². The molecule has 1 heterocycles. The molecule has 106 valence electrons. The Kier molecular flexibility index (Phi) is 4.98. The summed E-state index contributed by atoms with van der Waals surface area (Å²) in [6.45, 7) is 0. The van der Waals surface area contributed by atoms with Gasteiger partial charge >= 0.3 is 0 Å². The Balaban J connectivity index is 2.27. The summed E-state index contributed by atoms with van der Waals surface area (Å²) in [6.07, 6.45) is 1.35. The van der Waals surface area contributed by atoms with Crippen LogP contribution in [0.5, 0.6) is 11.6 Å². The fourth-order valence-electron chi connectivity index (χ4n) is 2.05. The lowest BCUT2D eigenvalue weighted by Crippen LogP contribution is -2.06. The molecule has 20 heavy (non-hydrogen) atoms. The molecule has 1 unspecified atom stereocenters. The number of hydrogen-bond acceptors (Lipinski definition) is 4. The van der Waals surface area contributed by atoms with Crippen molar-refractivity contribution in [1.29, 1.82) is 0 Å². The van der Waals surface area contributed by atoms with Crippen molar-refractivity contribution in [2.24, 2.45) is 0 Å². The molecule has 1 atom stereocenters. The fourth-order valence-corrected chi connectivity index (χ4v) is 2.46. The molecule has 0 saturated heterocycles. The van der Waals surface area contributed by atoms with E-state index in [1.807, 2.05) is 18.2 Å². The van der Waals surface area contributed by atoms with Crippen molar-refractivity contribution in [2.75, 3.05) is 14.2 Å². The Bertz CT molecular complexity index is 589. The summed E-state index contributed by atoms with van der Waals surface area (Å²) in [5.41, 5.74) is 1.58. The Morgan fingerprint density at radius 3 is 2.75 bits per heavy atom. The summed E-state index contributed by atoms with van der Waals surface area (Å²) in [4.78, 5) is 4.10. The first-order chi connectivity index (χ1) is 9.65. The van der Waals surface area contributed by atoms with Crippen molar-refractivity contribution >= 4 is 15.9 Å². The van der Waals surface area contributed by atoms with Crippen LogP contribution in [0.2, 0.25) is 0 Å². The van der Waals surface area contributed by atoms with Crippen LogP contribution in [0.1, 0.15) is 17.2 Å². The van der Waals surface area contributed by atoms with Gasteiger partial charge in [-0.25, -0.2) is 4.98 Å². The molecule has 0 aliphatic rings. The molecular weight excluding hydrogens is 322 g/mol. The number of methoxy groups -OCH3 is 2. The molecule has 0 bridgehead atoms. The first-order valence-corrected chi connectivity index (χ1v) is 6.94. The van der Waals surface area contributed by atoms with Gasteiger partial charge in [-0.15, -0.1) is 0 Å². The molecule has 0 aliphatic carbocycles. The second-order valence-corrected chi connectivity index (χ2v) is 5.19. The summed E-state index contributed by atoms with van der Waals surface area (Å²) in [7, 11) is 3.15. The number of benzene rings is 1. The Hall–Kier alpha value is -1.59. The molecule has 4 nitrogen and oxygen atoms in total. The zero-order valence-corrected chi connectivity index (χ0v) is 12.9. The third-order valence-corrected chi connectivity index (χ3v) is 3.50. The number of halogens is 1. The van der Waals surface area contributed by atoms with Gasteiger partial charge in [0.2, 0.25) is 5.88 Å². The minimum Gasteiger partial charge on any atom is -0.496 e. The van der Waals surface area contributed by atoms with Crippen LogP contribution in [0.4, 0.5) is 0 Å². The highest BCUT2D eigenvalue weighted by atomic mass is 79.9. The van der Waals surface area contributed by atoms with Gasteiger partial charge in [-0.2, -0.15) is 0 Å². The van der Waals surface area contributed by atoms with Gasteiger partial charge in [-0.1, -0.05) is 15.9 Å². The van der Waals surface area contributed by atoms with Gasteiger partial charge in [-0.3, -0.25) is 0 Å². The fraction of sp³-hybridized carbons (Fsp3) is 0.267. The zero-order valence-electron chi connectivity index (χ0n) is 11.3. The van der Waals surface area contributed by atoms with E-state index < -0.39 is 6.10 Å². The monoisotopic (exact) mass is 337 g/mol. The van der Waals surface area contributed by atoms with Gasteiger partial charge < -0.3 is 14.6 Å². The van der Waals surface area contributed by atoms with Gasteiger partial charge in [0.05, 0.1) is 20.3 Å². The number of ether oxygens (including phenoxy) is 2. The van der Waals surface area contributed by atoms with Crippen LogP contribution < -0.4 is 9.47 Å². The van der Waals surface area contributed by atoms with E-state index in [9.17, 15) is 5.11 Å². The standard InChI is InChI=1S/C15H16BrNO3/c1-19-14-6-5-11(16)8-10(14)9-13(18)12-4-3-7-17-15(12)20-2/h3-8,13,18H,9H2,1-2H3. The average molecular weight is 338 g/mol. The van der Waals surface area contributed by atoms with Crippen molar-refractivity contribution in [1.82, 2.24) is 4.98 Å².